The van der Waals surface area contributed by atoms with Crippen molar-refractivity contribution in [3.63, 3.8) is 0 Å². The molecule has 7 nitrogen and oxygen atoms in total. The molecule has 0 radical (unpaired) electrons. The van der Waals surface area contributed by atoms with Gasteiger partial charge in [-0.25, -0.2) is 12.8 Å². The molecule has 0 fully saturated rings. The lowest BCUT2D eigenvalue weighted by Crippen LogP contribution is -2.53. The van der Waals surface area contributed by atoms with Gasteiger partial charge in [0.2, 0.25) is 11.8 Å². The summed E-state index contributed by atoms with van der Waals surface area (Å²) in [5.41, 5.74) is 1.60. The maximum atomic E-state index is 14.3. The molecule has 224 valence electrons. The lowest BCUT2D eigenvalue weighted by molar-refractivity contribution is -0.140. The van der Waals surface area contributed by atoms with Crippen molar-refractivity contribution in [1.29, 1.82) is 0 Å². The SMILES string of the molecule is CCCNC(=O)[C@@H](Cc1ccccc1)N(Cc1cccc(Cl)c1)C(=O)CN(c1ccc(F)cc1)S(=O)(=O)c1ccccc1. The van der Waals surface area contributed by atoms with E-state index < -0.39 is 34.3 Å². The van der Waals surface area contributed by atoms with Crippen LogP contribution in [0.2, 0.25) is 5.02 Å². The van der Waals surface area contributed by atoms with Crippen molar-refractivity contribution >= 4 is 39.1 Å². The van der Waals surface area contributed by atoms with E-state index in [4.69, 9.17) is 11.6 Å². The number of benzene rings is 4. The summed E-state index contributed by atoms with van der Waals surface area (Å²) in [5, 5.41) is 3.36. The second-order valence-corrected chi connectivity index (χ2v) is 12.2. The number of rotatable bonds is 13. The van der Waals surface area contributed by atoms with Gasteiger partial charge in [-0.2, -0.15) is 0 Å². The molecule has 0 unspecified atom stereocenters. The summed E-state index contributed by atoms with van der Waals surface area (Å²) in [7, 11) is -4.25. The number of halogens is 2. The van der Waals surface area contributed by atoms with Crippen molar-refractivity contribution in [2.45, 2.75) is 37.2 Å². The van der Waals surface area contributed by atoms with Crippen LogP contribution in [0, 0.1) is 5.82 Å². The Kier molecular flexibility index (Phi) is 10.9. The van der Waals surface area contributed by atoms with Gasteiger partial charge >= 0.3 is 0 Å². The minimum absolute atomic E-state index is 0.000912. The van der Waals surface area contributed by atoms with Gasteiger partial charge in [0.1, 0.15) is 18.4 Å². The fraction of sp³-hybridized carbons (Fsp3) is 0.212. The number of amides is 2. The van der Waals surface area contributed by atoms with Crippen molar-refractivity contribution in [3.8, 4) is 0 Å². The molecule has 10 heteroatoms. The normalized spacial score (nSPS) is 11.9. The Morgan fingerprint density at radius 3 is 2.12 bits per heavy atom. The fourth-order valence-corrected chi connectivity index (χ4v) is 6.26. The summed E-state index contributed by atoms with van der Waals surface area (Å²) >= 11 is 6.25. The van der Waals surface area contributed by atoms with Gasteiger partial charge in [0.15, 0.2) is 0 Å². The second-order valence-electron chi connectivity index (χ2n) is 9.95. The summed E-state index contributed by atoms with van der Waals surface area (Å²) in [5.74, 6) is -1.53. The summed E-state index contributed by atoms with van der Waals surface area (Å²) in [6.07, 6.45) is 0.893. The second kappa shape index (κ2) is 14.8. The van der Waals surface area contributed by atoms with Crippen LogP contribution in [0.25, 0.3) is 0 Å². The van der Waals surface area contributed by atoms with Gasteiger partial charge < -0.3 is 10.2 Å². The van der Waals surface area contributed by atoms with Crippen molar-refractivity contribution in [1.82, 2.24) is 10.2 Å². The zero-order valence-corrected chi connectivity index (χ0v) is 25.3. The number of nitrogens with zero attached hydrogens (tertiary/aromatic N) is 2. The first kappa shape index (κ1) is 31.7. The minimum atomic E-state index is -4.25. The van der Waals surface area contributed by atoms with Gasteiger partial charge in [-0.15, -0.1) is 0 Å². The highest BCUT2D eigenvalue weighted by molar-refractivity contribution is 7.92. The average Bonchev–Trinajstić information content (AvgIpc) is 3.01. The number of sulfonamides is 1. The van der Waals surface area contributed by atoms with Crippen molar-refractivity contribution in [3.05, 3.63) is 131 Å². The number of hydrogen-bond acceptors (Lipinski definition) is 4. The molecule has 0 bridgehead atoms. The van der Waals surface area contributed by atoms with Crippen LogP contribution in [0.3, 0.4) is 0 Å². The van der Waals surface area contributed by atoms with E-state index >= 15 is 0 Å². The predicted octanol–water partition coefficient (Wildman–Crippen LogP) is 5.84. The summed E-state index contributed by atoms with van der Waals surface area (Å²) in [6, 6.07) is 27.8. The van der Waals surface area contributed by atoms with Gasteiger partial charge in [0.25, 0.3) is 10.0 Å². The summed E-state index contributed by atoms with van der Waals surface area (Å²) < 4.78 is 42.5. The highest BCUT2D eigenvalue weighted by atomic mass is 35.5. The van der Waals surface area contributed by atoms with Gasteiger partial charge in [-0.3, -0.25) is 13.9 Å². The topological polar surface area (TPSA) is 86.8 Å². The molecular formula is C33H33ClFN3O4S. The summed E-state index contributed by atoms with van der Waals surface area (Å²) in [4.78, 5) is 29.3. The van der Waals surface area contributed by atoms with Crippen LogP contribution in [0.15, 0.2) is 114 Å². The first-order valence-electron chi connectivity index (χ1n) is 13.9. The molecule has 0 aliphatic carbocycles. The van der Waals surface area contributed by atoms with Crippen LogP contribution in [0.5, 0.6) is 0 Å². The summed E-state index contributed by atoms with van der Waals surface area (Å²) in [6.45, 7) is 1.71. The Balaban J connectivity index is 1.78. The van der Waals surface area contributed by atoms with E-state index in [2.05, 4.69) is 5.32 Å². The van der Waals surface area contributed by atoms with E-state index in [1.165, 1.54) is 29.2 Å². The maximum absolute atomic E-state index is 14.3. The third-order valence-electron chi connectivity index (χ3n) is 6.79. The van der Waals surface area contributed by atoms with Gasteiger partial charge in [0.05, 0.1) is 10.6 Å². The molecule has 4 aromatic carbocycles. The molecule has 0 saturated carbocycles. The number of hydrogen-bond donors (Lipinski definition) is 1. The van der Waals surface area contributed by atoms with Crippen LogP contribution in [-0.2, 0) is 32.6 Å². The Hall–Kier alpha value is -4.21. The molecule has 0 aliphatic heterocycles. The van der Waals surface area contributed by atoms with Crippen LogP contribution in [0.4, 0.5) is 10.1 Å². The molecular weight excluding hydrogens is 589 g/mol. The standard InChI is InChI=1S/C33H33ClFN3O4S/c1-2-20-36-33(40)31(22-25-10-5-3-6-11-25)37(23-26-12-9-13-27(34)21-26)32(39)24-38(29-18-16-28(35)17-19-29)43(41,42)30-14-7-4-8-15-30/h3-19,21,31H,2,20,22-24H2,1H3,(H,36,40)/t31-/m1/s1. The monoisotopic (exact) mass is 621 g/mol. The third kappa shape index (κ3) is 8.43. The Morgan fingerprint density at radius 2 is 1.49 bits per heavy atom. The van der Waals surface area contributed by atoms with E-state index in [0.717, 1.165) is 22.0 Å². The zero-order chi connectivity index (χ0) is 30.8. The Labute approximate surface area is 257 Å². The van der Waals surface area contributed by atoms with Gasteiger partial charge in [-0.1, -0.05) is 79.2 Å². The van der Waals surface area contributed by atoms with Gasteiger partial charge in [0, 0.05) is 24.5 Å². The number of nitrogens with one attached hydrogen (secondary N) is 1. The van der Waals surface area contributed by atoms with E-state index in [1.54, 1.807) is 42.5 Å². The molecule has 0 aliphatic rings. The van der Waals surface area contributed by atoms with Crippen molar-refractivity contribution in [2.75, 3.05) is 17.4 Å². The highest BCUT2D eigenvalue weighted by Gasteiger charge is 2.34. The van der Waals surface area contributed by atoms with Gasteiger partial charge in [-0.05, 0) is 66.1 Å². The molecule has 43 heavy (non-hydrogen) atoms. The molecule has 0 aromatic heterocycles. The molecule has 4 aromatic rings. The predicted molar refractivity (Wildman–Crippen MR) is 167 cm³/mol. The van der Waals surface area contributed by atoms with Crippen LogP contribution in [-0.4, -0.2) is 44.3 Å². The van der Waals surface area contributed by atoms with E-state index in [0.29, 0.717) is 23.6 Å². The highest BCUT2D eigenvalue weighted by Crippen LogP contribution is 2.25. The van der Waals surface area contributed by atoms with E-state index in [-0.39, 0.29) is 29.5 Å². The third-order valence-corrected chi connectivity index (χ3v) is 8.81. The van der Waals surface area contributed by atoms with Crippen LogP contribution >= 0.6 is 11.6 Å². The lowest BCUT2D eigenvalue weighted by Gasteiger charge is -2.34. The molecule has 2 amide bonds. The van der Waals surface area contributed by atoms with Crippen LogP contribution in [0.1, 0.15) is 24.5 Å². The smallest absolute Gasteiger partial charge is 0.264 e. The number of carbonyl (C=O) groups is 2. The van der Waals surface area contributed by atoms with Crippen molar-refractivity contribution in [2.24, 2.45) is 0 Å². The minimum Gasteiger partial charge on any atom is -0.354 e. The molecule has 0 spiro atoms. The average molecular weight is 622 g/mol. The first-order valence-corrected chi connectivity index (χ1v) is 15.7. The van der Waals surface area contributed by atoms with E-state index in [9.17, 15) is 22.4 Å². The molecule has 0 saturated heterocycles. The molecule has 4 rings (SSSR count). The first-order chi connectivity index (χ1) is 20.7. The largest absolute Gasteiger partial charge is 0.354 e. The number of carbonyl (C=O) groups excluding carboxylic acids is 2. The fourth-order valence-electron chi connectivity index (χ4n) is 4.61. The molecule has 0 heterocycles. The quantitative estimate of drug-likeness (QED) is 0.203. The molecule has 1 N–H and O–H groups in total. The van der Waals surface area contributed by atoms with E-state index in [1.807, 2.05) is 37.3 Å². The van der Waals surface area contributed by atoms with Crippen LogP contribution < -0.4 is 9.62 Å². The Morgan fingerprint density at radius 1 is 0.860 bits per heavy atom. The number of anilines is 1. The maximum Gasteiger partial charge on any atom is 0.264 e. The Bertz CT molecular complexity index is 1620. The lowest BCUT2D eigenvalue weighted by atomic mass is 10.0. The zero-order valence-electron chi connectivity index (χ0n) is 23.7. The van der Waals surface area contributed by atoms with Crippen molar-refractivity contribution < 1.29 is 22.4 Å². The molecule has 1 atom stereocenters.